The van der Waals surface area contributed by atoms with Crippen LogP contribution in [-0.2, 0) is 4.79 Å². The number of carbonyl (C=O) groups is 1. The Labute approximate surface area is 177 Å². The first-order chi connectivity index (χ1) is 14.5. The van der Waals surface area contributed by atoms with Gasteiger partial charge in [0.1, 0.15) is 6.04 Å². The number of nitrogens with one attached hydrogen (secondary N) is 1. The normalized spacial score (nSPS) is 18.3. The smallest absolute Gasteiger partial charge is 0.246 e. The molecule has 0 spiro atoms. The third-order valence-corrected chi connectivity index (χ3v) is 6.98. The molecule has 1 fully saturated rings. The van der Waals surface area contributed by atoms with Gasteiger partial charge in [0.25, 0.3) is 0 Å². The van der Waals surface area contributed by atoms with E-state index in [1.165, 1.54) is 0 Å². The summed E-state index contributed by atoms with van der Waals surface area (Å²) in [5.74, 6) is 0.463. The van der Waals surface area contributed by atoms with E-state index in [1.54, 1.807) is 12.4 Å². The molecule has 1 aromatic heterocycles. The highest BCUT2D eigenvalue weighted by Gasteiger charge is 2.32. The topological polar surface area (TPSA) is 85.7 Å². The molecule has 6 nitrogen and oxygen atoms in total. The summed E-state index contributed by atoms with van der Waals surface area (Å²) in [5.41, 5.74) is 3.73. The lowest BCUT2D eigenvalue weighted by atomic mass is 10.0. The first kappa shape index (κ1) is 20.6. The third kappa shape index (κ3) is 4.88. The molecule has 2 aromatic carbocycles. The molecule has 1 atom stereocenters. The fourth-order valence-electron chi connectivity index (χ4n) is 3.66. The highest BCUT2D eigenvalue weighted by Crippen LogP contribution is 2.42. The van der Waals surface area contributed by atoms with Crippen LogP contribution in [0.4, 0.5) is 5.69 Å². The molecule has 0 saturated carbocycles. The van der Waals surface area contributed by atoms with Crippen molar-refractivity contribution in [3.05, 3.63) is 84.7 Å². The highest BCUT2D eigenvalue weighted by atomic mass is 32.3. The van der Waals surface area contributed by atoms with Gasteiger partial charge in [0.15, 0.2) is 0 Å². The molecule has 1 saturated heterocycles. The Balaban J connectivity index is 1.52. The van der Waals surface area contributed by atoms with Crippen LogP contribution in [0.1, 0.15) is 11.6 Å². The van der Waals surface area contributed by atoms with Gasteiger partial charge in [-0.25, -0.2) is 0 Å². The average Bonchev–Trinajstić information content (AvgIpc) is 2.77. The van der Waals surface area contributed by atoms with E-state index in [0.29, 0.717) is 24.6 Å². The zero-order valence-corrected chi connectivity index (χ0v) is 17.3. The lowest BCUT2D eigenvalue weighted by molar-refractivity contribution is -0.121. The zero-order chi connectivity index (χ0) is 21.0. The van der Waals surface area contributed by atoms with Gasteiger partial charge in [-0.05, 0) is 41.0 Å². The minimum Gasteiger partial charge on any atom is -0.324 e. The number of hydrogen-bond acceptors (Lipinski definition) is 5. The quantitative estimate of drug-likeness (QED) is 0.563. The maximum Gasteiger partial charge on any atom is 0.246 e. The Bertz CT molecular complexity index is 972. The molecule has 0 radical (unpaired) electrons. The van der Waals surface area contributed by atoms with E-state index in [1.807, 2.05) is 71.6 Å². The standard InChI is InChI=1S/C23H25N3O3S/c27-23(25-21-8-6-18(7-9-21)19-10-12-24-13-11-19)22(20-4-2-1-3-5-20)26-14-16-30(28,29)17-15-26/h1-13,22,28-29H,14-17H2,(H,25,27). The van der Waals surface area contributed by atoms with E-state index < -0.39 is 16.6 Å². The molecule has 156 valence electrons. The Hall–Kier alpha value is -2.71. The van der Waals surface area contributed by atoms with Gasteiger partial charge < -0.3 is 5.32 Å². The summed E-state index contributed by atoms with van der Waals surface area (Å²) < 4.78 is 19.9. The van der Waals surface area contributed by atoms with Gasteiger partial charge in [-0.15, -0.1) is 0 Å². The molecule has 1 amide bonds. The van der Waals surface area contributed by atoms with Crippen LogP contribution < -0.4 is 5.32 Å². The van der Waals surface area contributed by atoms with E-state index in [4.69, 9.17) is 0 Å². The molecule has 3 aromatic rings. The number of aromatic nitrogens is 1. The first-order valence-electron chi connectivity index (χ1n) is 9.86. The summed E-state index contributed by atoms with van der Waals surface area (Å²) in [4.78, 5) is 19.3. The number of anilines is 1. The Kier molecular flexibility index (Phi) is 6.15. The van der Waals surface area contributed by atoms with Crippen molar-refractivity contribution in [2.45, 2.75) is 6.04 Å². The summed E-state index contributed by atoms with van der Waals surface area (Å²) in [6.45, 7) is 0.937. The molecule has 4 rings (SSSR count). The third-order valence-electron chi connectivity index (χ3n) is 5.31. The van der Waals surface area contributed by atoms with Crippen molar-refractivity contribution in [2.24, 2.45) is 0 Å². The molecule has 2 heterocycles. The summed E-state index contributed by atoms with van der Waals surface area (Å²) in [6.07, 6.45) is 3.51. The highest BCUT2D eigenvalue weighted by molar-refractivity contribution is 8.24. The van der Waals surface area contributed by atoms with Gasteiger partial charge in [0.2, 0.25) is 5.91 Å². The van der Waals surface area contributed by atoms with Crippen molar-refractivity contribution < 1.29 is 13.9 Å². The average molecular weight is 424 g/mol. The van der Waals surface area contributed by atoms with E-state index in [9.17, 15) is 13.9 Å². The molecule has 0 aliphatic carbocycles. The van der Waals surface area contributed by atoms with Gasteiger partial charge in [-0.3, -0.25) is 23.8 Å². The Morgan fingerprint density at radius 2 is 1.50 bits per heavy atom. The molecule has 3 N–H and O–H groups in total. The number of amides is 1. The SMILES string of the molecule is O=C(Nc1ccc(-c2ccncc2)cc1)C(c1ccccc1)N1CCS(O)(O)CC1. The maximum absolute atomic E-state index is 13.2. The van der Waals surface area contributed by atoms with Gasteiger partial charge in [0, 0.05) is 31.2 Å². The number of hydrogen-bond donors (Lipinski definition) is 3. The molecular weight excluding hydrogens is 398 g/mol. The maximum atomic E-state index is 13.2. The number of carbonyl (C=O) groups excluding carboxylic acids is 1. The second-order valence-electron chi connectivity index (χ2n) is 7.36. The van der Waals surface area contributed by atoms with Crippen molar-refractivity contribution in [1.82, 2.24) is 9.88 Å². The van der Waals surface area contributed by atoms with E-state index in [0.717, 1.165) is 22.4 Å². The second-order valence-corrected chi connectivity index (χ2v) is 9.78. The van der Waals surface area contributed by atoms with Gasteiger partial charge in [0.05, 0.1) is 11.5 Å². The fourth-order valence-corrected chi connectivity index (χ4v) is 4.92. The summed E-state index contributed by atoms with van der Waals surface area (Å²) in [5, 5.41) is 3.03. The molecule has 0 bridgehead atoms. The van der Waals surface area contributed by atoms with Crippen LogP contribution in [0.15, 0.2) is 79.1 Å². The van der Waals surface area contributed by atoms with Crippen LogP contribution in [0.5, 0.6) is 0 Å². The summed E-state index contributed by atoms with van der Waals surface area (Å²) in [6, 6.07) is 20.7. The van der Waals surface area contributed by atoms with Crippen molar-refractivity contribution >= 4 is 22.2 Å². The Morgan fingerprint density at radius 1 is 0.900 bits per heavy atom. The number of pyridine rings is 1. The lowest BCUT2D eigenvalue weighted by Gasteiger charge is -2.43. The first-order valence-corrected chi connectivity index (χ1v) is 11.7. The molecule has 7 heteroatoms. The molecular formula is C23H25N3O3S. The monoisotopic (exact) mass is 423 g/mol. The van der Waals surface area contributed by atoms with Crippen LogP contribution in [0, 0.1) is 0 Å². The molecule has 1 aliphatic rings. The van der Waals surface area contributed by atoms with Gasteiger partial charge in [-0.2, -0.15) is 10.6 Å². The second kappa shape index (κ2) is 8.97. The minimum absolute atomic E-state index is 0.128. The molecule has 30 heavy (non-hydrogen) atoms. The van der Waals surface area contributed by atoms with Gasteiger partial charge in [-0.1, -0.05) is 42.5 Å². The molecule has 1 unspecified atom stereocenters. The largest absolute Gasteiger partial charge is 0.324 e. The minimum atomic E-state index is -2.52. The van der Waals surface area contributed by atoms with Crippen molar-refractivity contribution in [2.75, 3.05) is 29.9 Å². The lowest BCUT2D eigenvalue weighted by Crippen LogP contribution is -2.44. The van der Waals surface area contributed by atoms with Crippen LogP contribution >= 0.6 is 10.6 Å². The predicted octanol–water partition coefficient (Wildman–Crippen LogP) is 4.49. The summed E-state index contributed by atoms with van der Waals surface area (Å²) in [7, 11) is -2.52. The van der Waals surface area contributed by atoms with Crippen molar-refractivity contribution in [1.29, 1.82) is 0 Å². The van der Waals surface area contributed by atoms with Gasteiger partial charge >= 0.3 is 0 Å². The van der Waals surface area contributed by atoms with E-state index in [-0.39, 0.29) is 5.91 Å². The van der Waals surface area contributed by atoms with Crippen LogP contribution in [0.3, 0.4) is 0 Å². The zero-order valence-electron chi connectivity index (χ0n) is 16.5. The van der Waals surface area contributed by atoms with Crippen LogP contribution in [-0.4, -0.2) is 49.5 Å². The van der Waals surface area contributed by atoms with Crippen molar-refractivity contribution in [3.63, 3.8) is 0 Å². The summed E-state index contributed by atoms with van der Waals surface area (Å²) >= 11 is 0. The van der Waals surface area contributed by atoms with Crippen LogP contribution in [0.25, 0.3) is 11.1 Å². The van der Waals surface area contributed by atoms with Crippen LogP contribution in [0.2, 0.25) is 0 Å². The molecule has 1 aliphatic heterocycles. The predicted molar refractivity (Wildman–Crippen MR) is 122 cm³/mol. The number of benzene rings is 2. The van der Waals surface area contributed by atoms with E-state index >= 15 is 0 Å². The Morgan fingerprint density at radius 3 is 2.13 bits per heavy atom. The number of nitrogens with zero attached hydrogens (tertiary/aromatic N) is 2. The fraction of sp³-hybridized carbons (Fsp3) is 0.217. The van der Waals surface area contributed by atoms with Crippen molar-refractivity contribution in [3.8, 4) is 11.1 Å². The van der Waals surface area contributed by atoms with E-state index in [2.05, 4.69) is 10.3 Å². The number of rotatable bonds is 5.